The highest BCUT2D eigenvalue weighted by atomic mass is 16.1. The van der Waals surface area contributed by atoms with Gasteiger partial charge in [0.1, 0.15) is 6.29 Å². The van der Waals surface area contributed by atoms with Gasteiger partial charge in [0.25, 0.3) is 0 Å². The summed E-state index contributed by atoms with van der Waals surface area (Å²) in [5, 5.41) is 0. The Hall–Kier alpha value is -0.630. The molecule has 0 amide bonds. The molecule has 0 aromatic heterocycles. The van der Waals surface area contributed by atoms with Crippen LogP contribution >= 0.6 is 0 Å². The highest BCUT2D eigenvalue weighted by Gasteiger charge is 2.69. The molecule has 0 aromatic rings. The first-order valence-corrected chi connectivity index (χ1v) is 14.6. The van der Waals surface area contributed by atoms with E-state index in [1.54, 1.807) is 0 Å². The number of hydrogen-bond donors (Lipinski definition) is 1. The molecule has 2 heteroatoms. The minimum Gasteiger partial charge on any atom is -0.333 e. The molecule has 5 fully saturated rings. The number of hydrogen-bond acceptors (Lipinski definition) is 2. The predicted molar refractivity (Wildman–Crippen MR) is 146 cm³/mol. The SMILES string of the molecule is C=C.CC1CCCC2(C)C1CCC1(C)C2CCC2C3C([C@H](C)C=O)CCC3(C)CC[C@]21C.CN. The maximum Gasteiger partial charge on any atom is 0.123 e. The van der Waals surface area contributed by atoms with Gasteiger partial charge in [0.05, 0.1) is 0 Å². The maximum absolute atomic E-state index is 11.8. The van der Waals surface area contributed by atoms with Gasteiger partial charge in [-0.1, -0.05) is 54.4 Å². The van der Waals surface area contributed by atoms with Gasteiger partial charge in [0, 0.05) is 5.92 Å². The molecule has 11 atom stereocenters. The van der Waals surface area contributed by atoms with Gasteiger partial charge in [-0.25, -0.2) is 0 Å². The van der Waals surface area contributed by atoms with Crippen LogP contribution in [-0.4, -0.2) is 13.3 Å². The summed E-state index contributed by atoms with van der Waals surface area (Å²) in [4.78, 5) is 11.8. The van der Waals surface area contributed by atoms with Crippen LogP contribution in [0, 0.1) is 63.1 Å². The molecular formula is C32H57NO. The number of fused-ring (bicyclic) bond motifs is 7. The summed E-state index contributed by atoms with van der Waals surface area (Å²) in [7, 11) is 1.50. The van der Waals surface area contributed by atoms with E-state index < -0.39 is 0 Å². The van der Waals surface area contributed by atoms with E-state index in [0.29, 0.717) is 27.6 Å². The van der Waals surface area contributed by atoms with Crippen molar-refractivity contribution in [3.63, 3.8) is 0 Å². The average Bonchev–Trinajstić information content (AvgIpc) is 3.19. The number of carbonyl (C=O) groups is 1. The molecular weight excluding hydrogens is 414 g/mol. The van der Waals surface area contributed by atoms with E-state index in [9.17, 15) is 4.79 Å². The molecule has 34 heavy (non-hydrogen) atoms. The van der Waals surface area contributed by atoms with E-state index in [-0.39, 0.29) is 5.92 Å². The molecule has 0 spiro atoms. The van der Waals surface area contributed by atoms with Gasteiger partial charge in [-0.15, -0.1) is 13.2 Å². The van der Waals surface area contributed by atoms with Crippen LogP contribution < -0.4 is 5.73 Å². The summed E-state index contributed by atoms with van der Waals surface area (Å²) < 4.78 is 0. The molecule has 0 bridgehead atoms. The van der Waals surface area contributed by atoms with E-state index in [4.69, 9.17) is 0 Å². The second-order valence-corrected chi connectivity index (χ2v) is 14.0. The standard InChI is InChI=1S/C29H48O.C2H4.CH5N/c1-19-8-7-13-27(4)22(19)12-15-29(6)24(27)10-9-23-25-21(20(2)18-30)11-14-26(25,3)16-17-28(23,29)5;2*1-2/h18-25H,7-17H2,1-6H3;1-2H2;2H2,1H3/t19?,20-,21?,22?,23?,24?,25?,26?,27?,28-,29?;;/m1../s1. The molecule has 5 saturated carbocycles. The number of rotatable bonds is 2. The smallest absolute Gasteiger partial charge is 0.123 e. The van der Waals surface area contributed by atoms with Gasteiger partial charge in [0.15, 0.2) is 0 Å². The van der Waals surface area contributed by atoms with Crippen LogP contribution in [-0.2, 0) is 4.79 Å². The molecule has 0 aliphatic heterocycles. The van der Waals surface area contributed by atoms with Crippen molar-refractivity contribution >= 4 is 6.29 Å². The van der Waals surface area contributed by atoms with Gasteiger partial charge in [-0.3, -0.25) is 0 Å². The largest absolute Gasteiger partial charge is 0.333 e. The fraction of sp³-hybridized carbons (Fsp3) is 0.906. The minimum absolute atomic E-state index is 0.247. The summed E-state index contributed by atoms with van der Waals surface area (Å²) in [5.41, 5.74) is 6.54. The van der Waals surface area contributed by atoms with E-state index in [2.05, 4.69) is 60.4 Å². The summed E-state index contributed by atoms with van der Waals surface area (Å²) in [5.74, 6) is 5.32. The van der Waals surface area contributed by atoms with Crippen molar-refractivity contribution in [2.45, 2.75) is 112 Å². The molecule has 5 rings (SSSR count). The Kier molecular flexibility index (Phi) is 8.24. The zero-order valence-electron chi connectivity index (χ0n) is 23.8. The second-order valence-electron chi connectivity index (χ2n) is 14.0. The average molecular weight is 472 g/mol. The molecule has 2 N–H and O–H groups in total. The lowest BCUT2D eigenvalue weighted by molar-refractivity contribution is -0.228. The van der Waals surface area contributed by atoms with Crippen molar-refractivity contribution in [2.24, 2.45) is 68.8 Å². The molecule has 5 aliphatic rings. The zero-order valence-corrected chi connectivity index (χ0v) is 23.8. The van der Waals surface area contributed by atoms with E-state index in [1.807, 2.05) is 0 Å². The van der Waals surface area contributed by atoms with Gasteiger partial charge < -0.3 is 10.5 Å². The Balaban J connectivity index is 0.000000771. The van der Waals surface area contributed by atoms with Gasteiger partial charge >= 0.3 is 0 Å². The first-order valence-electron chi connectivity index (χ1n) is 14.6. The number of aldehydes is 1. The topological polar surface area (TPSA) is 43.1 Å². The second kappa shape index (κ2) is 10.0. The lowest BCUT2D eigenvalue weighted by Crippen LogP contribution is -2.64. The first-order chi connectivity index (χ1) is 16.1. The van der Waals surface area contributed by atoms with Gasteiger partial charge in [0.2, 0.25) is 0 Å². The van der Waals surface area contributed by atoms with Crippen LogP contribution in [0.4, 0.5) is 0 Å². The summed E-state index contributed by atoms with van der Waals surface area (Å²) in [6, 6.07) is 0. The first kappa shape index (κ1) is 27.9. The quantitative estimate of drug-likeness (QED) is 0.325. The molecule has 5 aliphatic carbocycles. The molecule has 0 saturated heterocycles. The van der Waals surface area contributed by atoms with E-state index >= 15 is 0 Å². The summed E-state index contributed by atoms with van der Waals surface area (Å²) in [6.45, 7) is 21.6. The Morgan fingerprint density at radius 2 is 1.50 bits per heavy atom. The zero-order chi connectivity index (χ0) is 25.5. The van der Waals surface area contributed by atoms with Crippen LogP contribution in [0.2, 0.25) is 0 Å². The van der Waals surface area contributed by atoms with Crippen molar-refractivity contribution < 1.29 is 4.79 Å². The van der Waals surface area contributed by atoms with Crippen molar-refractivity contribution in [2.75, 3.05) is 7.05 Å². The Bertz CT molecular complexity index is 720. The van der Waals surface area contributed by atoms with Gasteiger partial charge in [-0.05, 0) is 122 Å². The van der Waals surface area contributed by atoms with Crippen LogP contribution in [0.3, 0.4) is 0 Å². The van der Waals surface area contributed by atoms with E-state index in [0.717, 1.165) is 29.6 Å². The highest BCUT2D eigenvalue weighted by molar-refractivity contribution is 5.53. The normalized spacial score (nSPS) is 52.1. The predicted octanol–water partition coefficient (Wildman–Crippen LogP) is 8.30. The fourth-order valence-electron chi connectivity index (χ4n) is 11.4. The fourth-order valence-corrected chi connectivity index (χ4v) is 11.4. The molecule has 9 unspecified atom stereocenters. The maximum atomic E-state index is 11.8. The summed E-state index contributed by atoms with van der Waals surface area (Å²) in [6.07, 6.45) is 17.0. The minimum atomic E-state index is 0.247. The molecule has 196 valence electrons. The Labute approximate surface area is 212 Å². The third kappa shape index (κ3) is 3.79. The lowest BCUT2D eigenvalue weighted by Gasteiger charge is -2.71. The monoisotopic (exact) mass is 471 g/mol. The van der Waals surface area contributed by atoms with Crippen molar-refractivity contribution in [1.29, 1.82) is 0 Å². The van der Waals surface area contributed by atoms with Crippen LogP contribution in [0.15, 0.2) is 13.2 Å². The van der Waals surface area contributed by atoms with Crippen LogP contribution in [0.5, 0.6) is 0 Å². The number of carbonyl (C=O) groups excluding carboxylic acids is 1. The third-order valence-corrected chi connectivity index (χ3v) is 13.2. The van der Waals surface area contributed by atoms with Crippen LogP contribution in [0.1, 0.15) is 112 Å². The highest BCUT2D eigenvalue weighted by Crippen LogP contribution is 2.76. The molecule has 0 radical (unpaired) electrons. The van der Waals surface area contributed by atoms with E-state index in [1.165, 1.54) is 84.0 Å². The van der Waals surface area contributed by atoms with Crippen molar-refractivity contribution in [3.8, 4) is 0 Å². The molecule has 0 heterocycles. The Morgan fingerprint density at radius 1 is 0.824 bits per heavy atom. The molecule has 2 nitrogen and oxygen atoms in total. The van der Waals surface area contributed by atoms with Gasteiger partial charge in [-0.2, -0.15) is 0 Å². The van der Waals surface area contributed by atoms with Crippen molar-refractivity contribution in [3.05, 3.63) is 13.2 Å². The van der Waals surface area contributed by atoms with Crippen molar-refractivity contribution in [1.82, 2.24) is 0 Å². The molecule has 0 aromatic carbocycles. The summed E-state index contributed by atoms with van der Waals surface area (Å²) >= 11 is 0. The lowest BCUT2D eigenvalue weighted by atomic mass is 9.33. The third-order valence-electron chi connectivity index (χ3n) is 13.2. The Morgan fingerprint density at radius 3 is 2.15 bits per heavy atom. The van der Waals surface area contributed by atoms with Crippen LogP contribution in [0.25, 0.3) is 0 Å². The number of nitrogens with two attached hydrogens (primary N) is 1.